The summed E-state index contributed by atoms with van der Waals surface area (Å²) in [7, 11) is 0. The minimum atomic E-state index is -1.15. The minimum Gasteiger partial charge on any atom is -0.384 e. The molecule has 0 fully saturated rings. The number of rotatable bonds is 5. The summed E-state index contributed by atoms with van der Waals surface area (Å²) in [5, 5.41) is 17.2. The number of aliphatic hydroxyl groups is 1. The Labute approximate surface area is 142 Å². The maximum absolute atomic E-state index is 12.3. The van der Waals surface area contributed by atoms with Crippen LogP contribution in [0.4, 0.5) is 0 Å². The molecule has 2 N–H and O–H groups in total. The number of benzene rings is 1. The van der Waals surface area contributed by atoms with Crippen molar-refractivity contribution >= 4 is 28.1 Å². The average Bonchev–Trinajstić information content (AvgIpc) is 3.11. The topological polar surface area (TPSA) is 84.2 Å². The molecule has 0 saturated carbocycles. The molecule has 0 aliphatic rings. The number of nitrogens with zero attached hydrogens (tertiary/aromatic N) is 2. The first-order valence-corrected chi connectivity index (χ1v) is 8.37. The number of carbonyl (C=O) groups excluding carboxylic acids is 1. The number of fused-ring (bicyclic) bond motifs is 1. The fourth-order valence-corrected chi connectivity index (χ4v) is 3.16. The Morgan fingerprint density at radius 1 is 1.38 bits per heavy atom. The van der Waals surface area contributed by atoms with E-state index in [1.165, 1.54) is 22.2 Å². The SMILES string of the molecule is CC(O)(CNC(=O)Cn1cnc2ccccc2c1=O)c1ccsc1. The smallest absolute Gasteiger partial charge is 0.261 e. The molecular formula is C17H17N3O3S. The predicted molar refractivity (Wildman–Crippen MR) is 92.9 cm³/mol. The summed E-state index contributed by atoms with van der Waals surface area (Å²) in [4.78, 5) is 28.6. The van der Waals surface area contributed by atoms with Crippen molar-refractivity contribution in [3.8, 4) is 0 Å². The molecule has 0 spiro atoms. The van der Waals surface area contributed by atoms with Crippen LogP contribution < -0.4 is 10.9 Å². The van der Waals surface area contributed by atoms with Crippen LogP contribution in [0.3, 0.4) is 0 Å². The largest absolute Gasteiger partial charge is 0.384 e. The molecule has 2 heterocycles. The van der Waals surface area contributed by atoms with Crippen molar-refractivity contribution in [1.29, 1.82) is 0 Å². The monoisotopic (exact) mass is 343 g/mol. The molecular weight excluding hydrogens is 326 g/mol. The van der Waals surface area contributed by atoms with E-state index in [2.05, 4.69) is 10.3 Å². The van der Waals surface area contributed by atoms with Crippen LogP contribution in [0, 0.1) is 0 Å². The maximum atomic E-state index is 12.3. The molecule has 24 heavy (non-hydrogen) atoms. The maximum Gasteiger partial charge on any atom is 0.261 e. The Balaban J connectivity index is 1.69. The predicted octanol–water partition coefficient (Wildman–Crippen LogP) is 1.48. The molecule has 0 bridgehead atoms. The van der Waals surface area contributed by atoms with Gasteiger partial charge >= 0.3 is 0 Å². The van der Waals surface area contributed by atoms with Gasteiger partial charge in [-0.3, -0.25) is 14.2 Å². The van der Waals surface area contributed by atoms with Crippen LogP contribution in [0.1, 0.15) is 12.5 Å². The van der Waals surface area contributed by atoms with Gasteiger partial charge in [0.25, 0.3) is 5.56 Å². The quantitative estimate of drug-likeness (QED) is 0.735. The first-order valence-electron chi connectivity index (χ1n) is 7.43. The molecule has 1 atom stereocenters. The normalized spacial score (nSPS) is 13.6. The van der Waals surface area contributed by atoms with Crippen molar-refractivity contribution in [3.05, 3.63) is 63.3 Å². The lowest BCUT2D eigenvalue weighted by molar-refractivity contribution is -0.122. The van der Waals surface area contributed by atoms with Crippen molar-refractivity contribution in [2.45, 2.75) is 19.1 Å². The van der Waals surface area contributed by atoms with E-state index in [0.717, 1.165) is 5.56 Å². The van der Waals surface area contributed by atoms with Crippen LogP contribution in [-0.4, -0.2) is 27.1 Å². The molecule has 1 amide bonds. The third-order valence-corrected chi connectivity index (χ3v) is 4.50. The minimum absolute atomic E-state index is 0.0678. The van der Waals surface area contributed by atoms with Crippen LogP contribution in [-0.2, 0) is 16.9 Å². The summed E-state index contributed by atoms with van der Waals surface area (Å²) in [6, 6.07) is 8.81. The van der Waals surface area contributed by atoms with E-state index in [0.29, 0.717) is 10.9 Å². The fraction of sp³-hybridized carbons (Fsp3) is 0.235. The lowest BCUT2D eigenvalue weighted by atomic mass is 9.99. The highest BCUT2D eigenvalue weighted by Gasteiger charge is 2.24. The summed E-state index contributed by atoms with van der Waals surface area (Å²) >= 11 is 1.48. The highest BCUT2D eigenvalue weighted by molar-refractivity contribution is 7.08. The summed E-state index contributed by atoms with van der Waals surface area (Å²) in [6.07, 6.45) is 1.36. The summed E-state index contributed by atoms with van der Waals surface area (Å²) in [6.45, 7) is 1.56. The van der Waals surface area contributed by atoms with Crippen molar-refractivity contribution < 1.29 is 9.90 Å². The molecule has 2 aromatic heterocycles. The van der Waals surface area contributed by atoms with Gasteiger partial charge in [-0.05, 0) is 41.4 Å². The second kappa shape index (κ2) is 6.54. The highest BCUT2D eigenvalue weighted by atomic mass is 32.1. The Bertz CT molecular complexity index is 916. The Morgan fingerprint density at radius 2 is 2.17 bits per heavy atom. The van der Waals surface area contributed by atoms with Gasteiger partial charge in [-0.2, -0.15) is 11.3 Å². The molecule has 3 rings (SSSR count). The van der Waals surface area contributed by atoms with Gasteiger partial charge < -0.3 is 10.4 Å². The number of hydrogen-bond donors (Lipinski definition) is 2. The van der Waals surface area contributed by atoms with Crippen LogP contribution in [0.25, 0.3) is 10.9 Å². The second-order valence-electron chi connectivity index (χ2n) is 5.76. The van der Waals surface area contributed by atoms with Crippen molar-refractivity contribution in [2.75, 3.05) is 6.54 Å². The van der Waals surface area contributed by atoms with Crippen molar-refractivity contribution in [2.24, 2.45) is 0 Å². The van der Waals surface area contributed by atoms with Crippen molar-refractivity contribution in [1.82, 2.24) is 14.9 Å². The summed E-state index contributed by atoms with van der Waals surface area (Å²) < 4.78 is 1.26. The molecule has 0 aliphatic heterocycles. The lowest BCUT2D eigenvalue weighted by Crippen LogP contribution is -2.40. The van der Waals surface area contributed by atoms with E-state index >= 15 is 0 Å². The number of nitrogens with one attached hydrogen (secondary N) is 1. The van der Waals surface area contributed by atoms with Crippen LogP contribution in [0.15, 0.2) is 52.2 Å². The van der Waals surface area contributed by atoms with Gasteiger partial charge in [-0.25, -0.2) is 4.98 Å². The molecule has 0 radical (unpaired) electrons. The van der Waals surface area contributed by atoms with E-state index in [-0.39, 0.29) is 24.6 Å². The average molecular weight is 343 g/mol. The summed E-state index contributed by atoms with van der Waals surface area (Å²) in [5.74, 6) is -0.357. The van der Waals surface area contributed by atoms with Crippen molar-refractivity contribution in [3.63, 3.8) is 0 Å². The van der Waals surface area contributed by atoms with Gasteiger partial charge in [0.15, 0.2) is 0 Å². The Hall–Kier alpha value is -2.51. The zero-order chi connectivity index (χ0) is 17.2. The van der Waals surface area contributed by atoms with Crippen LogP contribution >= 0.6 is 11.3 Å². The Morgan fingerprint density at radius 3 is 2.92 bits per heavy atom. The zero-order valence-electron chi connectivity index (χ0n) is 13.1. The van der Waals surface area contributed by atoms with E-state index < -0.39 is 5.60 Å². The molecule has 3 aromatic rings. The standard InChI is InChI=1S/C17H17N3O3S/c1-17(23,12-6-7-24-9-12)10-18-15(21)8-20-11-19-14-5-3-2-4-13(14)16(20)22/h2-7,9,11,23H,8,10H2,1H3,(H,18,21). The molecule has 1 unspecified atom stereocenters. The molecule has 1 aromatic carbocycles. The Kier molecular flexibility index (Phi) is 4.46. The van der Waals surface area contributed by atoms with E-state index in [4.69, 9.17) is 0 Å². The third-order valence-electron chi connectivity index (χ3n) is 3.82. The van der Waals surface area contributed by atoms with E-state index in [1.54, 1.807) is 31.2 Å². The van der Waals surface area contributed by atoms with Crippen LogP contribution in [0.5, 0.6) is 0 Å². The van der Waals surface area contributed by atoms with Gasteiger partial charge in [0.05, 0.1) is 23.8 Å². The lowest BCUT2D eigenvalue weighted by Gasteiger charge is -2.22. The number of amides is 1. The number of aromatic nitrogens is 2. The van der Waals surface area contributed by atoms with Gasteiger partial charge in [0.2, 0.25) is 5.91 Å². The number of thiophene rings is 1. The first kappa shape index (κ1) is 16.4. The second-order valence-corrected chi connectivity index (χ2v) is 6.54. The first-order chi connectivity index (χ1) is 11.5. The van der Waals surface area contributed by atoms with Gasteiger partial charge in [0, 0.05) is 0 Å². The van der Waals surface area contributed by atoms with E-state index in [9.17, 15) is 14.7 Å². The van der Waals surface area contributed by atoms with Gasteiger partial charge in [-0.1, -0.05) is 12.1 Å². The molecule has 6 nitrogen and oxygen atoms in total. The molecule has 0 aliphatic carbocycles. The fourth-order valence-electron chi connectivity index (χ4n) is 2.37. The molecule has 0 saturated heterocycles. The number of para-hydroxylation sites is 1. The zero-order valence-corrected chi connectivity index (χ0v) is 13.9. The molecule has 7 heteroatoms. The number of hydrogen-bond acceptors (Lipinski definition) is 5. The number of carbonyl (C=O) groups is 1. The summed E-state index contributed by atoms with van der Waals surface area (Å²) in [5.41, 5.74) is -0.0698. The van der Waals surface area contributed by atoms with Gasteiger partial charge in [-0.15, -0.1) is 0 Å². The van der Waals surface area contributed by atoms with E-state index in [1.807, 2.05) is 16.8 Å². The third kappa shape index (κ3) is 3.37. The van der Waals surface area contributed by atoms with Gasteiger partial charge in [0.1, 0.15) is 12.1 Å². The highest BCUT2D eigenvalue weighted by Crippen LogP contribution is 2.21. The van der Waals surface area contributed by atoms with Crippen LogP contribution in [0.2, 0.25) is 0 Å². The molecule has 124 valence electrons.